The molecule has 0 spiro atoms. The largest absolute Gasteiger partial charge is 2.00 e. The summed E-state index contributed by atoms with van der Waals surface area (Å²) < 4.78 is 0. The molecule has 0 amide bonds. The number of carboxylic acid groups (broad SMARTS) is 4. The number of hydrogen-bond donors (Lipinski definition) is 4. The molecule has 0 atom stereocenters. The summed E-state index contributed by atoms with van der Waals surface area (Å²) in [5.41, 5.74) is 19.6. The van der Waals surface area contributed by atoms with Crippen LogP contribution < -0.4 is 43.4 Å². The Balaban J connectivity index is -0.0000000271. The average molecular weight is 481 g/mol. The van der Waals surface area contributed by atoms with Crippen LogP contribution in [0, 0.1) is 0 Å². The minimum Gasteiger partial charge on any atom is -0.550 e. The minimum absolute atomic E-state index is 0. The molecule has 0 saturated heterocycles. The van der Waals surface area contributed by atoms with Gasteiger partial charge in [-0.15, -0.1) is 0 Å². The van der Waals surface area contributed by atoms with Crippen LogP contribution >= 0.6 is 0 Å². The second-order valence-corrected chi connectivity index (χ2v) is 3.00. The maximum Gasteiger partial charge on any atom is 2.00 e. The predicted molar refractivity (Wildman–Crippen MR) is 75.2 cm³/mol. The van der Waals surface area contributed by atoms with Crippen LogP contribution in [0.2, 0.25) is 0 Å². The molecule has 14 N–H and O–H groups in total. The SMILES string of the molecule is NCCN.NCCN.O=C([O-])CC(=O)[O-].O=C([O-])CC(=O)[O-].[Cu+2].[Mn+2].[OH3+].[OH3+]. The first-order valence-corrected chi connectivity index (χ1v) is 5.68. The van der Waals surface area contributed by atoms with E-state index in [4.69, 9.17) is 22.9 Å². The van der Waals surface area contributed by atoms with Gasteiger partial charge in [0.05, 0.1) is 0 Å². The van der Waals surface area contributed by atoms with Gasteiger partial charge in [0.1, 0.15) is 0 Å². The maximum absolute atomic E-state index is 9.28. The second kappa shape index (κ2) is 43.8. The molecule has 0 aromatic rings. The Bertz CT molecular complexity index is 268. The molecule has 2 radical (unpaired) electrons. The van der Waals surface area contributed by atoms with E-state index in [0.717, 1.165) is 0 Å². The molecule has 0 aliphatic carbocycles. The van der Waals surface area contributed by atoms with Gasteiger partial charge in [0, 0.05) is 62.9 Å². The van der Waals surface area contributed by atoms with Gasteiger partial charge in [-0.2, -0.15) is 0 Å². The van der Waals surface area contributed by atoms with Crippen molar-refractivity contribution in [1.82, 2.24) is 0 Å². The maximum atomic E-state index is 9.28. The molecule has 0 bridgehead atoms. The van der Waals surface area contributed by atoms with E-state index in [2.05, 4.69) is 0 Å². The zero-order valence-electron chi connectivity index (χ0n) is 13.7. The summed E-state index contributed by atoms with van der Waals surface area (Å²) in [6.07, 6.45) is -2.06. The summed E-state index contributed by atoms with van der Waals surface area (Å²) in [5, 5.41) is 37.1. The Morgan fingerprint density at radius 2 is 0.654 bits per heavy atom. The van der Waals surface area contributed by atoms with Gasteiger partial charge in [-0.05, 0) is 0 Å². The van der Waals surface area contributed by atoms with Crippen LogP contribution in [0.1, 0.15) is 12.8 Å². The van der Waals surface area contributed by atoms with Crippen molar-refractivity contribution in [2.75, 3.05) is 26.2 Å². The third-order valence-electron chi connectivity index (χ3n) is 0.911. The van der Waals surface area contributed by atoms with E-state index in [-0.39, 0.29) is 45.1 Å². The minimum atomic E-state index is -1.63. The van der Waals surface area contributed by atoms with Gasteiger partial charge in [0.15, 0.2) is 0 Å². The summed E-state index contributed by atoms with van der Waals surface area (Å²) in [4.78, 5) is 37.1. The summed E-state index contributed by atoms with van der Waals surface area (Å²) in [6.45, 7) is 2.39. The van der Waals surface area contributed by atoms with Crippen LogP contribution in [0.3, 0.4) is 0 Å². The first kappa shape index (κ1) is 49.7. The van der Waals surface area contributed by atoms with Crippen molar-refractivity contribution in [3.05, 3.63) is 0 Å². The van der Waals surface area contributed by atoms with Gasteiger partial charge in [-0.3, -0.25) is 0 Å². The molecular weight excluding hydrogens is 455 g/mol. The Morgan fingerprint density at radius 1 is 0.538 bits per heavy atom. The summed E-state index contributed by atoms with van der Waals surface area (Å²) in [5.74, 6) is -6.50. The molecule has 0 aliphatic heterocycles. The van der Waals surface area contributed by atoms with Crippen molar-refractivity contribution >= 4 is 23.9 Å². The first-order valence-electron chi connectivity index (χ1n) is 5.68. The van der Waals surface area contributed by atoms with Crippen LogP contribution in [0.5, 0.6) is 0 Å². The molecule has 0 fully saturated rings. The van der Waals surface area contributed by atoms with Crippen LogP contribution in [0.15, 0.2) is 0 Å². The van der Waals surface area contributed by atoms with Crippen LogP contribution in [-0.2, 0) is 64.3 Å². The van der Waals surface area contributed by atoms with E-state index in [1.54, 1.807) is 0 Å². The molecule has 16 heteroatoms. The van der Waals surface area contributed by atoms with Crippen molar-refractivity contribution < 1.29 is 84.7 Å². The quantitative estimate of drug-likeness (QED) is 0.156. The van der Waals surface area contributed by atoms with Gasteiger partial charge >= 0.3 is 34.1 Å². The molecule has 26 heavy (non-hydrogen) atoms. The Morgan fingerprint density at radius 3 is 0.654 bits per heavy atom. The molecule has 0 saturated carbocycles. The standard InChI is InChI=1S/2C3H4O4.2C2H8N2.Cu.Mn.2H2O/c2*4-2(5)1-3(6)7;2*3-1-2-4;;;;/h2*1H2,(H,4,5)(H,6,7);2*1-4H2;;;2*1H2/q;;;;2*+2;;/p-2. The average Bonchev–Trinajstić information content (AvgIpc) is 2.36. The Hall–Kier alpha value is -1.32. The zero-order chi connectivity index (χ0) is 18.6. The zero-order valence-corrected chi connectivity index (χ0v) is 15.8. The molecule has 0 rings (SSSR count). The van der Waals surface area contributed by atoms with Crippen molar-refractivity contribution in [2.45, 2.75) is 12.8 Å². The number of rotatable bonds is 6. The van der Waals surface area contributed by atoms with E-state index in [1.165, 1.54) is 0 Å². The molecule has 0 aromatic carbocycles. The van der Waals surface area contributed by atoms with Gasteiger partial charge < -0.3 is 73.5 Å². The van der Waals surface area contributed by atoms with E-state index in [0.29, 0.717) is 26.2 Å². The molecule has 0 aromatic heterocycles. The fourth-order valence-electron chi connectivity index (χ4n) is 0.236. The monoisotopic (exact) mass is 480 g/mol. The van der Waals surface area contributed by atoms with E-state index in [9.17, 15) is 39.6 Å². The van der Waals surface area contributed by atoms with E-state index >= 15 is 0 Å². The van der Waals surface area contributed by atoms with E-state index < -0.39 is 36.7 Å². The Labute approximate surface area is 170 Å². The molecule has 0 heterocycles. The fourth-order valence-corrected chi connectivity index (χ4v) is 0.236. The summed E-state index contributed by atoms with van der Waals surface area (Å²) in [7, 11) is 0. The van der Waals surface area contributed by atoms with Crippen LogP contribution in [-0.4, -0.2) is 50.1 Å². The number of carbonyl (C=O) groups is 4. The number of hydrogen-bond acceptors (Lipinski definition) is 12. The van der Waals surface area contributed by atoms with Gasteiger partial charge in [-0.1, -0.05) is 0 Å². The molecule has 162 valence electrons. The van der Waals surface area contributed by atoms with E-state index in [1.807, 2.05) is 0 Å². The van der Waals surface area contributed by atoms with Crippen molar-refractivity contribution in [2.24, 2.45) is 22.9 Å². The van der Waals surface area contributed by atoms with Gasteiger partial charge in [-0.25, -0.2) is 0 Å². The molecular formula is C10H26CuMnN4O10+2. The first-order chi connectivity index (χ1) is 10.1. The molecule has 0 unspecified atom stereocenters. The fraction of sp³-hybridized carbons (Fsp3) is 0.600. The normalized spacial score (nSPS) is 6.62. The van der Waals surface area contributed by atoms with Crippen molar-refractivity contribution in [3.63, 3.8) is 0 Å². The number of carboxylic acids is 4. The van der Waals surface area contributed by atoms with Crippen LogP contribution in [0.25, 0.3) is 0 Å². The third-order valence-corrected chi connectivity index (χ3v) is 0.911. The number of aliphatic carboxylic acids is 4. The van der Waals surface area contributed by atoms with Gasteiger partial charge in [0.2, 0.25) is 0 Å². The molecule has 14 nitrogen and oxygen atoms in total. The smallest absolute Gasteiger partial charge is 0.550 e. The molecule has 0 aliphatic rings. The third kappa shape index (κ3) is 142. The number of carbonyl (C=O) groups excluding carboxylic acids is 4. The van der Waals surface area contributed by atoms with Gasteiger partial charge in [0.25, 0.3) is 0 Å². The van der Waals surface area contributed by atoms with Crippen molar-refractivity contribution in [3.8, 4) is 0 Å². The predicted octanol–water partition coefficient (Wildman–Crippen LogP) is -10.3. The van der Waals surface area contributed by atoms with Crippen LogP contribution in [0.4, 0.5) is 0 Å². The Kier molecular flexibility index (Phi) is 83.8. The second-order valence-electron chi connectivity index (χ2n) is 3.00. The summed E-state index contributed by atoms with van der Waals surface area (Å²) in [6, 6.07) is 0. The van der Waals surface area contributed by atoms with Crippen molar-refractivity contribution in [1.29, 1.82) is 0 Å². The topological polar surface area (TPSA) is 331 Å². The number of nitrogens with two attached hydrogens (primary N) is 4. The summed E-state index contributed by atoms with van der Waals surface area (Å²) >= 11 is 0.